The second kappa shape index (κ2) is 10.00. The van der Waals surface area contributed by atoms with Gasteiger partial charge in [-0.05, 0) is 43.7 Å². The normalized spacial score (nSPS) is 22.7. The van der Waals surface area contributed by atoms with Crippen LogP contribution in [0.3, 0.4) is 0 Å². The van der Waals surface area contributed by atoms with Crippen LogP contribution in [0.5, 0.6) is 0 Å². The minimum Gasteiger partial charge on any atom is -0.383 e. The molecule has 2 heterocycles. The predicted molar refractivity (Wildman–Crippen MR) is 107 cm³/mol. The summed E-state index contributed by atoms with van der Waals surface area (Å²) >= 11 is 0. The molecule has 2 aliphatic rings. The Kier molecular flexibility index (Phi) is 8.23. The summed E-state index contributed by atoms with van der Waals surface area (Å²) in [6.45, 7) is 3.71. The molecule has 1 amide bonds. The van der Waals surface area contributed by atoms with Crippen LogP contribution in [0, 0.1) is 0 Å². The van der Waals surface area contributed by atoms with Crippen molar-refractivity contribution in [2.45, 2.75) is 23.3 Å². The molecule has 2 saturated heterocycles. The number of amides is 1. The van der Waals surface area contributed by atoms with Crippen LogP contribution in [0.1, 0.15) is 23.2 Å². The number of hydrogen-bond donors (Lipinski definition) is 2. The van der Waals surface area contributed by atoms with E-state index in [0.29, 0.717) is 38.5 Å². The fourth-order valence-corrected chi connectivity index (χ4v) is 4.64. The molecular formula is C18H28ClN3O5S. The van der Waals surface area contributed by atoms with Gasteiger partial charge in [0.25, 0.3) is 5.91 Å². The summed E-state index contributed by atoms with van der Waals surface area (Å²) in [6.07, 6.45) is 1.85. The van der Waals surface area contributed by atoms with Crippen LogP contribution >= 0.6 is 12.4 Å². The number of halogens is 1. The first kappa shape index (κ1) is 23.1. The number of ether oxygens (including phenoxy) is 2. The van der Waals surface area contributed by atoms with Crippen LogP contribution in [-0.2, 0) is 19.5 Å². The Morgan fingerprint density at radius 1 is 1.29 bits per heavy atom. The van der Waals surface area contributed by atoms with E-state index in [0.717, 1.165) is 19.4 Å². The van der Waals surface area contributed by atoms with Gasteiger partial charge in [-0.15, -0.1) is 12.4 Å². The number of nitrogens with one attached hydrogen (secondary N) is 2. The Morgan fingerprint density at radius 3 is 2.54 bits per heavy atom. The number of rotatable bonds is 7. The summed E-state index contributed by atoms with van der Waals surface area (Å²) in [5, 5.41) is 3.34. The van der Waals surface area contributed by atoms with Crippen LogP contribution in [0.4, 0.5) is 0 Å². The first-order chi connectivity index (χ1) is 13.0. The molecule has 0 spiro atoms. The fraction of sp³-hybridized carbons (Fsp3) is 0.611. The number of sulfonamides is 1. The lowest BCUT2D eigenvalue weighted by molar-refractivity contribution is 0.0303. The van der Waals surface area contributed by atoms with E-state index < -0.39 is 10.0 Å². The molecule has 1 unspecified atom stereocenters. The second-order valence-corrected chi connectivity index (χ2v) is 8.76. The van der Waals surface area contributed by atoms with Gasteiger partial charge in [0.1, 0.15) is 0 Å². The maximum atomic E-state index is 12.6. The summed E-state index contributed by atoms with van der Waals surface area (Å²) in [6, 6.07) is 6.07. The van der Waals surface area contributed by atoms with Gasteiger partial charge in [-0.3, -0.25) is 4.79 Å². The quantitative estimate of drug-likeness (QED) is 0.654. The Bertz CT molecular complexity index is 745. The van der Waals surface area contributed by atoms with Crippen molar-refractivity contribution in [2.24, 2.45) is 0 Å². The van der Waals surface area contributed by atoms with Crippen LogP contribution in [0.25, 0.3) is 0 Å². The zero-order valence-electron chi connectivity index (χ0n) is 16.0. The SMILES string of the molecule is COCC1(CNS(=O)(=O)c2ccc(C(=O)N3CCOCC3)cc2)CCCN1.Cl. The lowest BCUT2D eigenvalue weighted by atomic mass is 9.99. The highest BCUT2D eigenvalue weighted by atomic mass is 35.5. The highest BCUT2D eigenvalue weighted by Crippen LogP contribution is 2.20. The van der Waals surface area contributed by atoms with Gasteiger partial charge >= 0.3 is 0 Å². The molecule has 158 valence electrons. The molecule has 0 radical (unpaired) electrons. The van der Waals surface area contributed by atoms with Crippen LogP contribution in [0.15, 0.2) is 29.2 Å². The lowest BCUT2D eigenvalue weighted by Gasteiger charge is -2.29. The molecule has 0 aliphatic carbocycles. The Morgan fingerprint density at radius 2 is 1.96 bits per heavy atom. The molecule has 1 aromatic rings. The largest absolute Gasteiger partial charge is 0.383 e. The van der Waals surface area contributed by atoms with Crippen molar-refractivity contribution in [3.8, 4) is 0 Å². The molecule has 1 aromatic carbocycles. The Labute approximate surface area is 172 Å². The van der Waals surface area contributed by atoms with Gasteiger partial charge in [0.2, 0.25) is 10.0 Å². The van der Waals surface area contributed by atoms with Crippen molar-refractivity contribution in [3.63, 3.8) is 0 Å². The molecule has 2 N–H and O–H groups in total. The molecule has 0 aromatic heterocycles. The van der Waals surface area contributed by atoms with E-state index in [1.807, 2.05) is 0 Å². The minimum atomic E-state index is -3.66. The average Bonchev–Trinajstić information content (AvgIpc) is 3.16. The highest BCUT2D eigenvalue weighted by Gasteiger charge is 2.34. The van der Waals surface area contributed by atoms with Crippen LogP contribution in [0.2, 0.25) is 0 Å². The topological polar surface area (TPSA) is 97.0 Å². The summed E-state index contributed by atoms with van der Waals surface area (Å²) in [5.41, 5.74) is 0.109. The molecule has 0 bridgehead atoms. The van der Waals surface area contributed by atoms with E-state index in [-0.39, 0.29) is 35.3 Å². The van der Waals surface area contributed by atoms with Gasteiger partial charge in [0, 0.05) is 32.3 Å². The average molecular weight is 434 g/mol. The first-order valence-corrected chi connectivity index (χ1v) is 10.6. The number of benzene rings is 1. The fourth-order valence-electron chi connectivity index (χ4n) is 3.51. The van der Waals surface area contributed by atoms with Crippen molar-refractivity contribution >= 4 is 28.3 Å². The third-order valence-electron chi connectivity index (χ3n) is 5.06. The van der Waals surface area contributed by atoms with Crippen molar-refractivity contribution in [1.82, 2.24) is 14.9 Å². The molecule has 28 heavy (non-hydrogen) atoms. The minimum absolute atomic E-state index is 0. The maximum absolute atomic E-state index is 12.6. The van der Waals surface area contributed by atoms with E-state index in [2.05, 4.69) is 10.0 Å². The molecule has 2 aliphatic heterocycles. The standard InChI is InChI=1S/C18H27N3O5S.ClH/c1-25-14-18(7-2-8-19-18)13-20-27(23,24)16-5-3-15(4-6-16)17(22)21-9-11-26-12-10-21;/h3-6,19-20H,2,7-14H2,1H3;1H. The van der Waals surface area contributed by atoms with Crippen molar-refractivity contribution in [3.05, 3.63) is 29.8 Å². The third kappa shape index (κ3) is 5.43. The van der Waals surface area contributed by atoms with Gasteiger partial charge < -0.3 is 19.7 Å². The van der Waals surface area contributed by atoms with Crippen molar-refractivity contribution in [2.75, 3.05) is 53.1 Å². The number of carbonyl (C=O) groups excluding carboxylic acids is 1. The number of methoxy groups -OCH3 is 1. The Balaban J connectivity index is 0.00000280. The van der Waals surface area contributed by atoms with E-state index in [1.165, 1.54) is 12.1 Å². The monoisotopic (exact) mass is 433 g/mol. The third-order valence-corrected chi connectivity index (χ3v) is 6.48. The molecular weight excluding hydrogens is 406 g/mol. The Hall–Kier alpha value is -1.23. The van der Waals surface area contributed by atoms with Crippen molar-refractivity contribution in [1.29, 1.82) is 0 Å². The van der Waals surface area contributed by atoms with Crippen molar-refractivity contribution < 1.29 is 22.7 Å². The van der Waals surface area contributed by atoms with Gasteiger partial charge in [0.15, 0.2) is 0 Å². The van der Waals surface area contributed by atoms with Crippen LogP contribution in [-0.4, -0.2) is 77.9 Å². The van der Waals surface area contributed by atoms with Gasteiger partial charge in [-0.25, -0.2) is 13.1 Å². The summed E-state index contributed by atoms with van der Waals surface area (Å²) in [5.74, 6) is -0.107. The number of nitrogens with zero attached hydrogens (tertiary/aromatic N) is 1. The first-order valence-electron chi connectivity index (χ1n) is 9.17. The predicted octanol–water partition coefficient (Wildman–Crippen LogP) is 0.628. The number of hydrogen-bond acceptors (Lipinski definition) is 6. The molecule has 8 nitrogen and oxygen atoms in total. The summed E-state index contributed by atoms with van der Waals surface area (Å²) in [7, 11) is -2.05. The smallest absolute Gasteiger partial charge is 0.254 e. The molecule has 1 atom stereocenters. The zero-order chi connectivity index (χ0) is 19.3. The zero-order valence-corrected chi connectivity index (χ0v) is 17.6. The summed E-state index contributed by atoms with van der Waals surface area (Å²) < 4.78 is 38.4. The van der Waals surface area contributed by atoms with E-state index >= 15 is 0 Å². The lowest BCUT2D eigenvalue weighted by Crippen LogP contribution is -2.52. The summed E-state index contributed by atoms with van der Waals surface area (Å²) in [4.78, 5) is 14.3. The van der Waals surface area contributed by atoms with E-state index in [1.54, 1.807) is 24.1 Å². The molecule has 3 rings (SSSR count). The maximum Gasteiger partial charge on any atom is 0.254 e. The molecule has 10 heteroatoms. The van der Waals surface area contributed by atoms with Gasteiger partial charge in [-0.1, -0.05) is 0 Å². The van der Waals surface area contributed by atoms with Gasteiger partial charge in [-0.2, -0.15) is 0 Å². The second-order valence-electron chi connectivity index (χ2n) is 7.00. The molecule has 0 saturated carbocycles. The van der Waals surface area contributed by atoms with Gasteiger partial charge in [0.05, 0.1) is 30.3 Å². The van der Waals surface area contributed by atoms with Crippen LogP contribution < -0.4 is 10.0 Å². The molecule has 2 fully saturated rings. The highest BCUT2D eigenvalue weighted by molar-refractivity contribution is 7.89. The number of carbonyl (C=O) groups is 1. The van der Waals surface area contributed by atoms with E-state index in [4.69, 9.17) is 9.47 Å². The van der Waals surface area contributed by atoms with E-state index in [9.17, 15) is 13.2 Å². The number of morpholine rings is 1.